The van der Waals surface area contributed by atoms with Gasteiger partial charge in [-0.25, -0.2) is 9.97 Å². The lowest BCUT2D eigenvalue weighted by atomic mass is 10.2. The van der Waals surface area contributed by atoms with Crippen LogP contribution < -0.4 is 10.2 Å². The molecular weight excluding hydrogens is 254 g/mol. The molecule has 1 aromatic rings. The molecule has 2 heterocycles. The van der Waals surface area contributed by atoms with Crippen LogP contribution in [0.15, 0.2) is 0 Å². The number of anilines is 2. The maximum Gasteiger partial charge on any atom is 0.161 e. The van der Waals surface area contributed by atoms with Gasteiger partial charge in [-0.1, -0.05) is 6.92 Å². The molecule has 0 radical (unpaired) electrons. The highest BCUT2D eigenvalue weighted by Crippen LogP contribution is 2.25. The minimum atomic E-state index is -0.384. The van der Waals surface area contributed by atoms with Gasteiger partial charge in [0, 0.05) is 25.6 Å². The number of morpholine rings is 1. The van der Waals surface area contributed by atoms with Gasteiger partial charge in [-0.3, -0.25) is 0 Å². The van der Waals surface area contributed by atoms with E-state index in [1.54, 1.807) is 0 Å². The van der Waals surface area contributed by atoms with Crippen molar-refractivity contribution >= 4 is 11.6 Å². The zero-order valence-corrected chi connectivity index (χ0v) is 12.3. The Bertz CT molecular complexity index is 511. The van der Waals surface area contributed by atoms with Gasteiger partial charge in [0.2, 0.25) is 0 Å². The molecular formula is C14H21N5O. The van der Waals surface area contributed by atoms with Crippen molar-refractivity contribution in [1.29, 1.82) is 5.26 Å². The molecule has 0 amide bonds. The quantitative estimate of drug-likeness (QED) is 0.897. The van der Waals surface area contributed by atoms with Crippen LogP contribution in [0.1, 0.15) is 24.7 Å². The molecule has 6 nitrogen and oxygen atoms in total. The van der Waals surface area contributed by atoms with E-state index in [4.69, 9.17) is 10.00 Å². The number of aromatic nitrogens is 2. The molecule has 1 unspecified atom stereocenters. The molecule has 0 bridgehead atoms. The highest BCUT2D eigenvalue weighted by atomic mass is 16.5. The van der Waals surface area contributed by atoms with Gasteiger partial charge >= 0.3 is 0 Å². The van der Waals surface area contributed by atoms with Crippen LogP contribution >= 0.6 is 0 Å². The van der Waals surface area contributed by atoms with E-state index in [0.29, 0.717) is 13.2 Å². The van der Waals surface area contributed by atoms with Gasteiger partial charge < -0.3 is 15.0 Å². The normalized spacial score (nSPS) is 18.7. The molecule has 20 heavy (non-hydrogen) atoms. The lowest BCUT2D eigenvalue weighted by Gasteiger charge is -2.32. The predicted molar refractivity (Wildman–Crippen MR) is 77.9 cm³/mol. The van der Waals surface area contributed by atoms with E-state index >= 15 is 0 Å². The Morgan fingerprint density at radius 1 is 1.50 bits per heavy atom. The number of nitrogens with one attached hydrogen (secondary N) is 1. The fourth-order valence-corrected chi connectivity index (χ4v) is 2.36. The van der Waals surface area contributed by atoms with Crippen LogP contribution in [0.25, 0.3) is 0 Å². The van der Waals surface area contributed by atoms with Crippen molar-refractivity contribution < 1.29 is 4.74 Å². The van der Waals surface area contributed by atoms with E-state index in [-0.39, 0.29) is 6.10 Å². The minimum absolute atomic E-state index is 0.384. The molecule has 0 spiro atoms. The fourth-order valence-electron chi connectivity index (χ4n) is 2.36. The van der Waals surface area contributed by atoms with E-state index < -0.39 is 0 Å². The van der Waals surface area contributed by atoms with E-state index in [9.17, 15) is 0 Å². The first kappa shape index (κ1) is 14.5. The monoisotopic (exact) mass is 275 g/mol. The van der Waals surface area contributed by atoms with Crippen molar-refractivity contribution in [3.05, 3.63) is 11.4 Å². The van der Waals surface area contributed by atoms with Gasteiger partial charge in [0.25, 0.3) is 0 Å². The largest absolute Gasteiger partial charge is 0.373 e. The standard InChI is InChI=1S/C14H21N5O/c1-4-5-12-17-13(16-3)10(2)14(18-12)19-6-7-20-11(8-15)9-19/h11H,4-7,9H2,1-3H3,(H,16,17,18). The van der Waals surface area contributed by atoms with Gasteiger partial charge in [-0.2, -0.15) is 5.26 Å². The summed E-state index contributed by atoms with van der Waals surface area (Å²) in [4.78, 5) is 11.3. The minimum Gasteiger partial charge on any atom is -0.373 e. The average Bonchev–Trinajstić information content (AvgIpc) is 2.49. The van der Waals surface area contributed by atoms with Crippen LogP contribution in [0.3, 0.4) is 0 Å². The second kappa shape index (κ2) is 6.53. The fraction of sp³-hybridized carbons (Fsp3) is 0.643. The first-order valence-electron chi connectivity index (χ1n) is 7.01. The molecule has 2 rings (SSSR count). The van der Waals surface area contributed by atoms with Gasteiger partial charge in [0.1, 0.15) is 17.5 Å². The maximum absolute atomic E-state index is 9.02. The first-order valence-corrected chi connectivity index (χ1v) is 7.01. The third-order valence-corrected chi connectivity index (χ3v) is 3.39. The molecule has 0 saturated carbocycles. The van der Waals surface area contributed by atoms with Crippen LogP contribution in [0, 0.1) is 18.3 Å². The van der Waals surface area contributed by atoms with Crippen molar-refractivity contribution in [1.82, 2.24) is 9.97 Å². The molecule has 108 valence electrons. The molecule has 1 aromatic heterocycles. The van der Waals surface area contributed by atoms with Crippen LogP contribution in [0.4, 0.5) is 11.6 Å². The number of nitrogens with zero attached hydrogens (tertiary/aromatic N) is 4. The zero-order valence-electron chi connectivity index (χ0n) is 12.3. The Morgan fingerprint density at radius 2 is 2.30 bits per heavy atom. The summed E-state index contributed by atoms with van der Waals surface area (Å²) in [5, 5.41) is 12.1. The number of hydrogen-bond donors (Lipinski definition) is 1. The summed E-state index contributed by atoms with van der Waals surface area (Å²) < 4.78 is 5.39. The highest BCUT2D eigenvalue weighted by molar-refractivity contribution is 5.58. The summed E-state index contributed by atoms with van der Waals surface area (Å²) in [6, 6.07) is 2.17. The molecule has 0 aromatic carbocycles. The zero-order chi connectivity index (χ0) is 14.5. The van der Waals surface area contributed by atoms with E-state index in [1.165, 1.54) is 0 Å². The molecule has 1 N–H and O–H groups in total. The number of hydrogen-bond acceptors (Lipinski definition) is 6. The van der Waals surface area contributed by atoms with Crippen molar-refractivity contribution in [2.75, 3.05) is 37.0 Å². The molecule has 1 aliphatic heterocycles. The van der Waals surface area contributed by atoms with Crippen LogP contribution in [-0.2, 0) is 11.2 Å². The van der Waals surface area contributed by atoms with Crippen LogP contribution in [-0.4, -0.2) is 42.8 Å². The molecule has 1 atom stereocenters. The van der Waals surface area contributed by atoms with Crippen LogP contribution in [0.2, 0.25) is 0 Å². The summed E-state index contributed by atoms with van der Waals surface area (Å²) in [6.07, 6.45) is 1.48. The SMILES string of the molecule is CCCc1nc(NC)c(C)c(N2CCOC(C#N)C2)n1. The van der Waals surface area contributed by atoms with E-state index in [0.717, 1.165) is 42.4 Å². The topological polar surface area (TPSA) is 74.1 Å². The van der Waals surface area contributed by atoms with Gasteiger partial charge in [-0.05, 0) is 13.3 Å². The first-order chi connectivity index (χ1) is 9.69. The summed E-state index contributed by atoms with van der Waals surface area (Å²) in [5.41, 5.74) is 1.02. The van der Waals surface area contributed by atoms with E-state index in [1.807, 2.05) is 14.0 Å². The van der Waals surface area contributed by atoms with Crippen molar-refractivity contribution in [3.8, 4) is 6.07 Å². The number of aryl methyl sites for hydroxylation is 1. The second-order valence-electron chi connectivity index (χ2n) is 4.87. The maximum atomic E-state index is 9.02. The Balaban J connectivity index is 2.34. The molecule has 1 aliphatic rings. The van der Waals surface area contributed by atoms with Gasteiger partial charge in [-0.15, -0.1) is 0 Å². The summed E-state index contributed by atoms with van der Waals surface area (Å²) in [7, 11) is 1.87. The van der Waals surface area contributed by atoms with Gasteiger partial charge in [0.15, 0.2) is 6.10 Å². The third-order valence-electron chi connectivity index (χ3n) is 3.39. The molecule has 6 heteroatoms. The lowest BCUT2D eigenvalue weighted by Crippen LogP contribution is -2.42. The Kier molecular flexibility index (Phi) is 4.74. The predicted octanol–water partition coefficient (Wildman–Crippen LogP) is 1.51. The second-order valence-corrected chi connectivity index (χ2v) is 4.87. The summed E-state index contributed by atoms with van der Waals surface area (Å²) in [6.45, 7) is 5.99. The summed E-state index contributed by atoms with van der Waals surface area (Å²) in [5.74, 6) is 2.62. The van der Waals surface area contributed by atoms with Gasteiger partial charge in [0.05, 0.1) is 19.2 Å². The molecule has 0 aliphatic carbocycles. The number of ether oxygens (including phenoxy) is 1. The van der Waals surface area contributed by atoms with Crippen molar-refractivity contribution in [3.63, 3.8) is 0 Å². The van der Waals surface area contributed by atoms with Crippen molar-refractivity contribution in [2.45, 2.75) is 32.8 Å². The summed E-state index contributed by atoms with van der Waals surface area (Å²) >= 11 is 0. The third kappa shape index (κ3) is 2.99. The van der Waals surface area contributed by atoms with Crippen LogP contribution in [0.5, 0.6) is 0 Å². The molecule has 1 saturated heterocycles. The highest BCUT2D eigenvalue weighted by Gasteiger charge is 2.24. The molecule has 1 fully saturated rings. The smallest absolute Gasteiger partial charge is 0.161 e. The number of nitriles is 1. The Hall–Kier alpha value is -1.87. The van der Waals surface area contributed by atoms with E-state index in [2.05, 4.69) is 33.2 Å². The Labute approximate surface area is 119 Å². The van der Waals surface area contributed by atoms with Crippen molar-refractivity contribution in [2.24, 2.45) is 0 Å². The average molecular weight is 275 g/mol. The number of rotatable bonds is 4. The lowest BCUT2D eigenvalue weighted by molar-refractivity contribution is 0.0761. The Morgan fingerprint density at radius 3 is 2.95 bits per heavy atom.